The van der Waals surface area contributed by atoms with Crippen molar-refractivity contribution in [3.63, 3.8) is 0 Å². The zero-order chi connectivity index (χ0) is 11.4. The van der Waals surface area contributed by atoms with Gasteiger partial charge in [-0.05, 0) is 25.1 Å². The van der Waals surface area contributed by atoms with E-state index in [-0.39, 0.29) is 12.6 Å². The van der Waals surface area contributed by atoms with Crippen LogP contribution in [-0.4, -0.2) is 23.7 Å². The number of rotatable bonds is 4. The number of nitrogens with two attached hydrogens (primary N) is 2. The van der Waals surface area contributed by atoms with E-state index in [9.17, 15) is 4.79 Å². The van der Waals surface area contributed by atoms with Gasteiger partial charge in [-0.3, -0.25) is 4.79 Å². The number of carbonyl (C=O) groups excluding carboxylic acids is 1. The highest BCUT2D eigenvalue weighted by Crippen LogP contribution is 2.20. The van der Waals surface area contributed by atoms with Gasteiger partial charge in [-0.1, -0.05) is 0 Å². The molecule has 6 N–H and O–H groups in total. The van der Waals surface area contributed by atoms with Gasteiger partial charge in [0.1, 0.15) is 0 Å². The number of carbonyl (C=O) groups is 1. The van der Waals surface area contributed by atoms with Crippen LogP contribution in [0, 0.1) is 0 Å². The second kappa shape index (κ2) is 4.65. The number of hydrogen-bond acceptors (Lipinski definition) is 4. The quantitative estimate of drug-likeness (QED) is 0.530. The Morgan fingerprint density at radius 2 is 2.27 bits per heavy atom. The summed E-state index contributed by atoms with van der Waals surface area (Å²) in [6, 6.07) is 4.67. The molecule has 0 bridgehead atoms. The predicted octanol–water partition coefficient (Wildman–Crippen LogP) is 0.160. The van der Waals surface area contributed by atoms with E-state index in [0.717, 1.165) is 0 Å². The summed E-state index contributed by atoms with van der Waals surface area (Å²) in [5.41, 5.74) is 12.3. The minimum absolute atomic E-state index is 0.0109. The maximum absolute atomic E-state index is 10.8. The van der Waals surface area contributed by atoms with Gasteiger partial charge in [0.2, 0.25) is 5.91 Å². The summed E-state index contributed by atoms with van der Waals surface area (Å²) < 4.78 is 0. The van der Waals surface area contributed by atoms with Gasteiger partial charge in [0, 0.05) is 11.6 Å². The topological polar surface area (TPSA) is 101 Å². The molecule has 82 valence electrons. The van der Waals surface area contributed by atoms with Crippen molar-refractivity contribution < 1.29 is 9.90 Å². The summed E-state index contributed by atoms with van der Waals surface area (Å²) in [6.45, 7) is 1.83. The van der Waals surface area contributed by atoms with E-state index < -0.39 is 5.91 Å². The molecule has 0 saturated heterocycles. The molecule has 1 rings (SSSR count). The van der Waals surface area contributed by atoms with Crippen molar-refractivity contribution >= 4 is 17.3 Å². The van der Waals surface area contributed by atoms with Crippen LogP contribution in [0.15, 0.2) is 18.2 Å². The van der Waals surface area contributed by atoms with E-state index in [0.29, 0.717) is 16.9 Å². The minimum atomic E-state index is -0.511. The fourth-order valence-corrected chi connectivity index (χ4v) is 1.16. The fraction of sp³-hybridized carbons (Fsp3) is 0.300. The molecule has 0 fully saturated rings. The first-order valence-corrected chi connectivity index (χ1v) is 4.61. The first kappa shape index (κ1) is 11.3. The third-order valence-corrected chi connectivity index (χ3v) is 2.01. The van der Waals surface area contributed by atoms with Gasteiger partial charge in [-0.15, -0.1) is 0 Å². The van der Waals surface area contributed by atoms with Gasteiger partial charge in [0.15, 0.2) is 0 Å². The number of aliphatic hydroxyl groups is 1. The van der Waals surface area contributed by atoms with Crippen LogP contribution in [0.25, 0.3) is 0 Å². The average molecular weight is 209 g/mol. The van der Waals surface area contributed by atoms with Crippen LogP contribution in [0.5, 0.6) is 0 Å². The molecule has 0 aromatic heterocycles. The molecular formula is C10H15N3O2. The van der Waals surface area contributed by atoms with Crippen LogP contribution in [-0.2, 0) is 0 Å². The van der Waals surface area contributed by atoms with Crippen molar-refractivity contribution in [2.45, 2.75) is 13.0 Å². The highest BCUT2D eigenvalue weighted by atomic mass is 16.3. The highest BCUT2D eigenvalue weighted by molar-refractivity contribution is 5.94. The van der Waals surface area contributed by atoms with Crippen molar-refractivity contribution in [2.24, 2.45) is 5.73 Å². The number of primary amides is 1. The first-order valence-electron chi connectivity index (χ1n) is 4.61. The summed E-state index contributed by atoms with van der Waals surface area (Å²) >= 11 is 0. The van der Waals surface area contributed by atoms with Crippen LogP contribution in [0.4, 0.5) is 11.4 Å². The average Bonchev–Trinajstić information content (AvgIpc) is 2.20. The lowest BCUT2D eigenvalue weighted by molar-refractivity contribution is 0.100. The van der Waals surface area contributed by atoms with Gasteiger partial charge in [-0.2, -0.15) is 0 Å². The van der Waals surface area contributed by atoms with E-state index >= 15 is 0 Å². The number of hydrogen-bond donors (Lipinski definition) is 4. The number of nitrogens with one attached hydrogen (secondary N) is 1. The maximum atomic E-state index is 10.8. The normalized spacial score (nSPS) is 12.1. The Morgan fingerprint density at radius 3 is 2.73 bits per heavy atom. The summed E-state index contributed by atoms with van der Waals surface area (Å²) in [6.07, 6.45) is 0. The third kappa shape index (κ3) is 2.85. The molecule has 5 nitrogen and oxygen atoms in total. The van der Waals surface area contributed by atoms with Gasteiger partial charge < -0.3 is 21.9 Å². The van der Waals surface area contributed by atoms with Crippen molar-refractivity contribution in [3.05, 3.63) is 23.8 Å². The second-order valence-electron chi connectivity index (χ2n) is 3.39. The molecule has 5 heteroatoms. The lowest BCUT2D eigenvalue weighted by Gasteiger charge is -2.14. The van der Waals surface area contributed by atoms with Gasteiger partial charge in [0.05, 0.1) is 18.0 Å². The smallest absolute Gasteiger partial charge is 0.248 e. The number of amides is 1. The van der Waals surface area contributed by atoms with Crippen LogP contribution < -0.4 is 16.8 Å². The van der Waals surface area contributed by atoms with Crippen molar-refractivity contribution in [1.82, 2.24) is 0 Å². The van der Waals surface area contributed by atoms with E-state index in [4.69, 9.17) is 16.6 Å². The largest absolute Gasteiger partial charge is 0.397 e. The predicted molar refractivity (Wildman–Crippen MR) is 59.5 cm³/mol. The third-order valence-electron chi connectivity index (χ3n) is 2.01. The molecule has 0 aliphatic rings. The molecule has 1 aromatic carbocycles. The van der Waals surface area contributed by atoms with Crippen LogP contribution >= 0.6 is 0 Å². The Bertz CT molecular complexity index is 366. The van der Waals surface area contributed by atoms with Gasteiger partial charge >= 0.3 is 0 Å². The van der Waals surface area contributed by atoms with E-state index in [1.807, 2.05) is 6.92 Å². The molecule has 0 aliphatic carbocycles. The molecule has 0 radical (unpaired) electrons. The number of nitrogen functional groups attached to an aromatic ring is 1. The molecule has 1 atom stereocenters. The van der Waals surface area contributed by atoms with Crippen LogP contribution in [0.3, 0.4) is 0 Å². The van der Waals surface area contributed by atoms with Crippen LogP contribution in [0.1, 0.15) is 17.3 Å². The SMILES string of the molecule is CC(CO)Nc1ccc(C(N)=O)cc1N. The van der Waals surface area contributed by atoms with Crippen molar-refractivity contribution in [1.29, 1.82) is 0 Å². The molecule has 0 aliphatic heterocycles. The lowest BCUT2D eigenvalue weighted by atomic mass is 10.1. The molecule has 0 spiro atoms. The number of aliphatic hydroxyl groups excluding tert-OH is 1. The zero-order valence-electron chi connectivity index (χ0n) is 8.53. The second-order valence-corrected chi connectivity index (χ2v) is 3.39. The first-order chi connectivity index (χ1) is 7.04. The summed E-state index contributed by atoms with van der Waals surface area (Å²) in [4.78, 5) is 10.8. The molecule has 15 heavy (non-hydrogen) atoms. The maximum Gasteiger partial charge on any atom is 0.248 e. The molecule has 0 heterocycles. The molecule has 1 amide bonds. The van der Waals surface area contributed by atoms with Gasteiger partial charge in [-0.25, -0.2) is 0 Å². The highest BCUT2D eigenvalue weighted by Gasteiger charge is 2.06. The van der Waals surface area contributed by atoms with Gasteiger partial charge in [0.25, 0.3) is 0 Å². The minimum Gasteiger partial charge on any atom is -0.397 e. The number of benzene rings is 1. The molecule has 0 saturated carbocycles. The molecule has 1 aromatic rings. The van der Waals surface area contributed by atoms with Crippen LogP contribution in [0.2, 0.25) is 0 Å². The van der Waals surface area contributed by atoms with E-state index in [1.165, 1.54) is 6.07 Å². The monoisotopic (exact) mass is 209 g/mol. The Labute approximate surface area is 88.1 Å². The van der Waals surface area contributed by atoms with E-state index in [2.05, 4.69) is 5.32 Å². The molecular weight excluding hydrogens is 194 g/mol. The lowest BCUT2D eigenvalue weighted by Crippen LogP contribution is -2.20. The summed E-state index contributed by atoms with van der Waals surface area (Å²) in [5, 5.41) is 11.9. The van der Waals surface area contributed by atoms with E-state index in [1.54, 1.807) is 12.1 Å². The zero-order valence-corrected chi connectivity index (χ0v) is 8.53. The Morgan fingerprint density at radius 1 is 1.60 bits per heavy atom. The van der Waals surface area contributed by atoms with Crippen molar-refractivity contribution in [3.8, 4) is 0 Å². The Kier molecular flexibility index (Phi) is 3.51. The Hall–Kier alpha value is -1.75. The summed E-state index contributed by atoms with van der Waals surface area (Å²) in [7, 11) is 0. The number of anilines is 2. The Balaban J connectivity index is 2.88. The standard InChI is InChI=1S/C10H15N3O2/c1-6(5-14)13-9-3-2-7(10(12)15)4-8(9)11/h2-4,6,13-14H,5,11H2,1H3,(H2,12,15). The van der Waals surface area contributed by atoms with Crippen molar-refractivity contribution in [2.75, 3.05) is 17.7 Å². The fourth-order valence-electron chi connectivity index (χ4n) is 1.16. The molecule has 1 unspecified atom stereocenters. The summed E-state index contributed by atoms with van der Waals surface area (Å²) in [5.74, 6) is -0.511.